The fourth-order valence-electron chi connectivity index (χ4n) is 3.86. The van der Waals surface area contributed by atoms with Crippen molar-refractivity contribution in [3.05, 3.63) is 0 Å². The molecule has 1 amide bonds. The molecule has 2 aliphatic rings. The van der Waals surface area contributed by atoms with Crippen molar-refractivity contribution in [2.75, 3.05) is 13.6 Å². The van der Waals surface area contributed by atoms with E-state index in [0.717, 1.165) is 32.2 Å². The summed E-state index contributed by atoms with van der Waals surface area (Å²) < 4.78 is 0. The van der Waals surface area contributed by atoms with Gasteiger partial charge in [-0.1, -0.05) is 12.8 Å². The van der Waals surface area contributed by atoms with Crippen LogP contribution in [0, 0.1) is 5.92 Å². The number of amides is 1. The zero-order chi connectivity index (χ0) is 14.5. The van der Waals surface area contributed by atoms with Crippen molar-refractivity contribution in [2.45, 2.75) is 63.5 Å². The molecule has 114 valence electrons. The van der Waals surface area contributed by atoms with Crippen LogP contribution in [0.1, 0.15) is 51.4 Å². The minimum Gasteiger partial charge on any atom is -0.480 e. The molecule has 0 spiro atoms. The van der Waals surface area contributed by atoms with E-state index in [1.807, 2.05) is 0 Å². The zero-order valence-electron chi connectivity index (χ0n) is 12.3. The van der Waals surface area contributed by atoms with Crippen LogP contribution < -0.4 is 5.32 Å². The molecule has 3 unspecified atom stereocenters. The largest absolute Gasteiger partial charge is 0.480 e. The van der Waals surface area contributed by atoms with Crippen LogP contribution in [0.2, 0.25) is 0 Å². The standard InChI is InChI=1S/C15H26N2O3/c1-16-14(18)7-4-10-17-12-6-3-2-5-11(12)8-9-13(17)15(19)20/h11-13H,2-10H2,1H3,(H,16,18)(H,19,20). The Morgan fingerprint density at radius 1 is 1.20 bits per heavy atom. The maximum Gasteiger partial charge on any atom is 0.320 e. The van der Waals surface area contributed by atoms with Gasteiger partial charge in [0.1, 0.15) is 6.04 Å². The summed E-state index contributed by atoms with van der Waals surface area (Å²) in [5.41, 5.74) is 0. The van der Waals surface area contributed by atoms with Crippen molar-refractivity contribution in [3.8, 4) is 0 Å². The van der Waals surface area contributed by atoms with Gasteiger partial charge in [-0.15, -0.1) is 0 Å². The highest BCUT2D eigenvalue weighted by Crippen LogP contribution is 2.38. The molecule has 1 heterocycles. The second kappa shape index (κ2) is 7.07. The summed E-state index contributed by atoms with van der Waals surface area (Å²) in [6, 6.07) is 0.0716. The summed E-state index contributed by atoms with van der Waals surface area (Å²) in [5, 5.41) is 12.1. The van der Waals surface area contributed by atoms with Crippen LogP contribution in [0.4, 0.5) is 0 Å². The number of nitrogens with one attached hydrogen (secondary N) is 1. The molecule has 5 nitrogen and oxygen atoms in total. The van der Waals surface area contributed by atoms with Gasteiger partial charge in [-0.2, -0.15) is 0 Å². The SMILES string of the molecule is CNC(=O)CCCN1C(C(=O)O)CCC2CCCCC21. The van der Waals surface area contributed by atoms with Crippen LogP contribution >= 0.6 is 0 Å². The lowest BCUT2D eigenvalue weighted by molar-refractivity contribution is -0.148. The van der Waals surface area contributed by atoms with Gasteiger partial charge in [-0.3, -0.25) is 14.5 Å². The van der Waals surface area contributed by atoms with Crippen molar-refractivity contribution < 1.29 is 14.7 Å². The maximum absolute atomic E-state index is 11.5. The molecule has 1 aliphatic carbocycles. The number of rotatable bonds is 5. The Labute approximate surface area is 120 Å². The van der Waals surface area contributed by atoms with Crippen LogP contribution in [0.5, 0.6) is 0 Å². The quantitative estimate of drug-likeness (QED) is 0.804. The first-order chi connectivity index (χ1) is 9.63. The molecule has 20 heavy (non-hydrogen) atoms. The van der Waals surface area contributed by atoms with Crippen LogP contribution in [0.25, 0.3) is 0 Å². The van der Waals surface area contributed by atoms with Gasteiger partial charge < -0.3 is 10.4 Å². The Kier molecular flexibility index (Phi) is 5.40. The number of piperidine rings is 1. The second-order valence-corrected chi connectivity index (χ2v) is 6.06. The van der Waals surface area contributed by atoms with E-state index in [4.69, 9.17) is 0 Å². The summed E-state index contributed by atoms with van der Waals surface area (Å²) in [6.07, 6.45) is 7.88. The first-order valence-electron chi connectivity index (χ1n) is 7.82. The monoisotopic (exact) mass is 282 g/mol. The van der Waals surface area contributed by atoms with Crippen LogP contribution in [-0.4, -0.2) is 47.6 Å². The Bertz CT molecular complexity index is 359. The topological polar surface area (TPSA) is 69.6 Å². The van der Waals surface area contributed by atoms with Gasteiger partial charge in [0.25, 0.3) is 0 Å². The summed E-state index contributed by atoms with van der Waals surface area (Å²) in [4.78, 5) is 25.0. The molecule has 1 saturated heterocycles. The first kappa shape index (κ1) is 15.3. The van der Waals surface area contributed by atoms with Crippen molar-refractivity contribution in [3.63, 3.8) is 0 Å². The van der Waals surface area contributed by atoms with E-state index in [2.05, 4.69) is 10.2 Å². The fraction of sp³-hybridized carbons (Fsp3) is 0.867. The van der Waals surface area contributed by atoms with E-state index >= 15 is 0 Å². The molecular formula is C15H26N2O3. The number of likely N-dealkylation sites (tertiary alicyclic amines) is 1. The molecule has 0 radical (unpaired) electrons. The third kappa shape index (κ3) is 3.51. The smallest absolute Gasteiger partial charge is 0.320 e. The third-order valence-electron chi connectivity index (χ3n) is 4.89. The van der Waals surface area contributed by atoms with E-state index < -0.39 is 5.97 Å². The lowest BCUT2D eigenvalue weighted by atomic mass is 9.76. The highest BCUT2D eigenvalue weighted by Gasteiger charge is 2.40. The minimum absolute atomic E-state index is 0.0362. The van der Waals surface area contributed by atoms with Gasteiger partial charge in [-0.25, -0.2) is 0 Å². The van der Waals surface area contributed by atoms with E-state index in [0.29, 0.717) is 18.4 Å². The number of carbonyl (C=O) groups is 2. The molecule has 5 heteroatoms. The Hall–Kier alpha value is -1.10. The lowest BCUT2D eigenvalue weighted by Gasteiger charge is -2.47. The summed E-state index contributed by atoms with van der Waals surface area (Å²) >= 11 is 0. The molecule has 2 fully saturated rings. The van der Waals surface area contributed by atoms with Gasteiger partial charge in [0.15, 0.2) is 0 Å². The molecule has 0 bridgehead atoms. The first-order valence-corrected chi connectivity index (χ1v) is 7.82. The third-order valence-corrected chi connectivity index (χ3v) is 4.89. The maximum atomic E-state index is 11.5. The molecule has 0 aromatic carbocycles. The lowest BCUT2D eigenvalue weighted by Crippen LogP contribution is -2.55. The number of hydrogen-bond donors (Lipinski definition) is 2. The van der Waals surface area contributed by atoms with E-state index in [9.17, 15) is 14.7 Å². The molecule has 2 rings (SSSR count). The predicted molar refractivity (Wildman–Crippen MR) is 76.4 cm³/mol. The number of fused-ring (bicyclic) bond motifs is 1. The van der Waals surface area contributed by atoms with Gasteiger partial charge in [0.05, 0.1) is 0 Å². The number of carboxylic acids is 1. The Balaban J connectivity index is 1.97. The molecule has 0 aromatic rings. The average molecular weight is 282 g/mol. The predicted octanol–water partition coefficient (Wildman–Crippen LogP) is 1.62. The number of aliphatic carboxylic acids is 1. The Morgan fingerprint density at radius 2 is 1.95 bits per heavy atom. The molecule has 1 aliphatic heterocycles. The van der Waals surface area contributed by atoms with E-state index in [1.54, 1.807) is 7.05 Å². The Morgan fingerprint density at radius 3 is 2.65 bits per heavy atom. The number of nitrogens with zero attached hydrogens (tertiary/aromatic N) is 1. The van der Waals surface area contributed by atoms with Crippen molar-refractivity contribution in [1.82, 2.24) is 10.2 Å². The van der Waals surface area contributed by atoms with E-state index in [-0.39, 0.29) is 11.9 Å². The van der Waals surface area contributed by atoms with Gasteiger partial charge in [0.2, 0.25) is 5.91 Å². The fourth-order valence-corrected chi connectivity index (χ4v) is 3.86. The molecule has 1 saturated carbocycles. The van der Waals surface area contributed by atoms with E-state index in [1.165, 1.54) is 19.3 Å². The summed E-state index contributed by atoms with van der Waals surface area (Å²) in [7, 11) is 1.64. The van der Waals surface area contributed by atoms with Crippen molar-refractivity contribution >= 4 is 11.9 Å². The average Bonchev–Trinajstić information content (AvgIpc) is 2.46. The van der Waals surface area contributed by atoms with Gasteiger partial charge >= 0.3 is 5.97 Å². The molecule has 2 N–H and O–H groups in total. The normalized spacial score (nSPS) is 30.6. The van der Waals surface area contributed by atoms with Crippen molar-refractivity contribution in [2.24, 2.45) is 5.92 Å². The highest BCUT2D eigenvalue weighted by atomic mass is 16.4. The minimum atomic E-state index is -0.700. The zero-order valence-corrected chi connectivity index (χ0v) is 12.3. The molecule has 0 aromatic heterocycles. The molecular weight excluding hydrogens is 256 g/mol. The van der Waals surface area contributed by atoms with Gasteiger partial charge in [0, 0.05) is 19.5 Å². The van der Waals surface area contributed by atoms with Crippen LogP contribution in [0.3, 0.4) is 0 Å². The second-order valence-electron chi connectivity index (χ2n) is 6.06. The van der Waals surface area contributed by atoms with Crippen molar-refractivity contribution in [1.29, 1.82) is 0 Å². The van der Waals surface area contributed by atoms with Crippen LogP contribution in [0.15, 0.2) is 0 Å². The molecule has 3 atom stereocenters. The number of carbonyl (C=O) groups excluding carboxylic acids is 1. The summed E-state index contributed by atoms with van der Waals surface area (Å²) in [5.74, 6) is 0.00222. The van der Waals surface area contributed by atoms with Crippen LogP contribution in [-0.2, 0) is 9.59 Å². The number of carboxylic acid groups (broad SMARTS) is 1. The van der Waals surface area contributed by atoms with Gasteiger partial charge in [-0.05, 0) is 44.6 Å². The highest BCUT2D eigenvalue weighted by molar-refractivity contribution is 5.75. The number of hydrogen-bond acceptors (Lipinski definition) is 3. The summed E-state index contributed by atoms with van der Waals surface area (Å²) in [6.45, 7) is 0.728.